The van der Waals surface area contributed by atoms with Gasteiger partial charge in [0.1, 0.15) is 0 Å². The molecule has 0 spiro atoms. The molecular weight excluding hydrogens is 276 g/mol. The van der Waals surface area contributed by atoms with E-state index >= 15 is 0 Å². The standard InChI is InChI=1S/C12H14BrF2N/c1-8-5-10(16-7-11(8)13)6-9-3-2-4-12(9,14)15/h5,7,9H,2-4,6H2,1H3. The number of nitrogens with zero attached hydrogens (tertiary/aromatic N) is 1. The maximum Gasteiger partial charge on any atom is 0.251 e. The lowest BCUT2D eigenvalue weighted by Gasteiger charge is -2.18. The Kier molecular flexibility index (Phi) is 3.29. The minimum atomic E-state index is -2.50. The number of hydrogen-bond donors (Lipinski definition) is 0. The molecule has 1 atom stereocenters. The Morgan fingerprint density at radius 1 is 1.56 bits per heavy atom. The lowest BCUT2D eigenvalue weighted by molar-refractivity contribution is -0.0366. The summed E-state index contributed by atoms with van der Waals surface area (Å²) >= 11 is 3.35. The second-order valence-electron chi connectivity index (χ2n) is 4.48. The van der Waals surface area contributed by atoms with Gasteiger partial charge in [0.25, 0.3) is 5.92 Å². The molecule has 0 amide bonds. The summed E-state index contributed by atoms with van der Waals surface area (Å²) in [5.41, 5.74) is 1.82. The minimum Gasteiger partial charge on any atom is -0.260 e. The van der Waals surface area contributed by atoms with E-state index in [9.17, 15) is 8.78 Å². The summed E-state index contributed by atoms with van der Waals surface area (Å²) in [6.07, 6.45) is 3.36. The van der Waals surface area contributed by atoms with Gasteiger partial charge in [-0.15, -0.1) is 0 Å². The van der Waals surface area contributed by atoms with Crippen molar-refractivity contribution in [3.05, 3.63) is 28.0 Å². The average molecular weight is 290 g/mol. The van der Waals surface area contributed by atoms with E-state index in [2.05, 4.69) is 20.9 Å². The highest BCUT2D eigenvalue weighted by atomic mass is 79.9. The van der Waals surface area contributed by atoms with Crippen LogP contribution in [0.3, 0.4) is 0 Å². The van der Waals surface area contributed by atoms with Gasteiger partial charge in [-0.1, -0.05) is 0 Å². The number of aromatic nitrogens is 1. The molecule has 0 bridgehead atoms. The zero-order valence-electron chi connectivity index (χ0n) is 9.14. The van der Waals surface area contributed by atoms with E-state index in [1.807, 2.05) is 13.0 Å². The highest BCUT2D eigenvalue weighted by molar-refractivity contribution is 9.10. The summed E-state index contributed by atoms with van der Waals surface area (Å²) in [6, 6.07) is 1.89. The van der Waals surface area contributed by atoms with Gasteiger partial charge in [0.15, 0.2) is 0 Å². The molecule has 0 N–H and O–H groups in total. The molecule has 0 aromatic carbocycles. The molecule has 1 aliphatic rings. The van der Waals surface area contributed by atoms with Crippen LogP contribution in [0.5, 0.6) is 0 Å². The molecule has 2 rings (SSSR count). The first-order valence-corrected chi connectivity index (χ1v) is 6.27. The van der Waals surface area contributed by atoms with E-state index in [0.717, 1.165) is 15.7 Å². The van der Waals surface area contributed by atoms with Crippen LogP contribution in [0.2, 0.25) is 0 Å². The normalized spacial score (nSPS) is 23.6. The largest absolute Gasteiger partial charge is 0.260 e. The molecule has 0 radical (unpaired) electrons. The Bertz CT molecular complexity index is 393. The minimum absolute atomic E-state index is 0.0349. The summed E-state index contributed by atoms with van der Waals surface area (Å²) in [5.74, 6) is -3.02. The van der Waals surface area contributed by atoms with Crippen molar-refractivity contribution >= 4 is 15.9 Å². The van der Waals surface area contributed by atoms with Crippen molar-refractivity contribution in [3.8, 4) is 0 Å². The number of aryl methyl sites for hydroxylation is 1. The molecule has 1 unspecified atom stereocenters. The number of rotatable bonds is 2. The molecule has 1 aliphatic carbocycles. The summed E-state index contributed by atoms with van der Waals surface area (Å²) in [5, 5.41) is 0. The van der Waals surface area contributed by atoms with E-state index < -0.39 is 11.8 Å². The predicted octanol–water partition coefficient (Wildman–Crippen LogP) is 4.13. The average Bonchev–Trinajstić information content (AvgIpc) is 2.52. The molecular formula is C12H14BrF2N. The van der Waals surface area contributed by atoms with Crippen molar-refractivity contribution < 1.29 is 8.78 Å². The third-order valence-electron chi connectivity index (χ3n) is 3.22. The fourth-order valence-corrected chi connectivity index (χ4v) is 2.43. The van der Waals surface area contributed by atoms with E-state index in [4.69, 9.17) is 0 Å². The van der Waals surface area contributed by atoms with Gasteiger partial charge < -0.3 is 0 Å². The van der Waals surface area contributed by atoms with Crippen molar-refractivity contribution in [1.82, 2.24) is 4.98 Å². The molecule has 1 aromatic rings. The molecule has 4 heteroatoms. The maximum atomic E-state index is 13.4. The van der Waals surface area contributed by atoms with Crippen molar-refractivity contribution in [2.45, 2.75) is 38.5 Å². The van der Waals surface area contributed by atoms with Crippen molar-refractivity contribution in [3.63, 3.8) is 0 Å². The van der Waals surface area contributed by atoms with Crippen LogP contribution in [0, 0.1) is 12.8 Å². The fraction of sp³-hybridized carbons (Fsp3) is 0.583. The molecule has 0 aliphatic heterocycles. The van der Waals surface area contributed by atoms with Gasteiger partial charge in [0, 0.05) is 28.7 Å². The van der Waals surface area contributed by atoms with Crippen molar-refractivity contribution in [2.24, 2.45) is 5.92 Å². The Morgan fingerprint density at radius 2 is 2.31 bits per heavy atom. The van der Waals surface area contributed by atoms with Crippen LogP contribution in [0.1, 0.15) is 30.5 Å². The highest BCUT2D eigenvalue weighted by Crippen LogP contribution is 2.41. The van der Waals surface area contributed by atoms with Crippen LogP contribution in [0.15, 0.2) is 16.7 Å². The zero-order valence-corrected chi connectivity index (χ0v) is 10.7. The molecule has 88 valence electrons. The van der Waals surface area contributed by atoms with Crippen molar-refractivity contribution in [1.29, 1.82) is 0 Å². The smallest absolute Gasteiger partial charge is 0.251 e. The quantitative estimate of drug-likeness (QED) is 0.798. The summed E-state index contributed by atoms with van der Waals surface area (Å²) in [4.78, 5) is 4.19. The van der Waals surface area contributed by atoms with E-state index in [-0.39, 0.29) is 6.42 Å². The number of halogens is 3. The van der Waals surface area contributed by atoms with Crippen LogP contribution in [-0.2, 0) is 6.42 Å². The van der Waals surface area contributed by atoms with Gasteiger partial charge in [0.05, 0.1) is 0 Å². The first kappa shape index (κ1) is 12.0. The van der Waals surface area contributed by atoms with Crippen LogP contribution < -0.4 is 0 Å². The predicted molar refractivity (Wildman–Crippen MR) is 62.7 cm³/mol. The molecule has 1 nitrogen and oxygen atoms in total. The Morgan fingerprint density at radius 3 is 2.88 bits per heavy atom. The Balaban J connectivity index is 2.12. The number of alkyl halides is 2. The third-order valence-corrected chi connectivity index (χ3v) is 4.05. The number of hydrogen-bond acceptors (Lipinski definition) is 1. The first-order chi connectivity index (χ1) is 7.49. The monoisotopic (exact) mass is 289 g/mol. The Labute approximate surface area is 102 Å². The second kappa shape index (κ2) is 4.40. The summed E-state index contributed by atoms with van der Waals surface area (Å²) < 4.78 is 27.8. The maximum absolute atomic E-state index is 13.4. The summed E-state index contributed by atoms with van der Waals surface area (Å²) in [6.45, 7) is 1.95. The SMILES string of the molecule is Cc1cc(CC2CCCC2(F)F)ncc1Br. The molecule has 1 saturated carbocycles. The third kappa shape index (κ3) is 2.42. The van der Waals surface area contributed by atoms with Crippen molar-refractivity contribution in [2.75, 3.05) is 0 Å². The van der Waals surface area contributed by atoms with Gasteiger partial charge in [-0.05, 0) is 53.7 Å². The molecule has 1 fully saturated rings. The molecule has 0 saturated heterocycles. The molecule has 16 heavy (non-hydrogen) atoms. The lowest BCUT2D eigenvalue weighted by Crippen LogP contribution is -2.23. The fourth-order valence-electron chi connectivity index (χ4n) is 2.21. The van der Waals surface area contributed by atoms with Gasteiger partial charge >= 0.3 is 0 Å². The number of pyridine rings is 1. The van der Waals surface area contributed by atoms with Crippen LogP contribution in [0.4, 0.5) is 8.78 Å². The lowest BCUT2D eigenvalue weighted by atomic mass is 9.98. The van der Waals surface area contributed by atoms with Gasteiger partial charge in [-0.3, -0.25) is 4.98 Å². The molecule has 1 heterocycles. The Hall–Kier alpha value is -0.510. The van der Waals surface area contributed by atoms with Crippen LogP contribution in [-0.4, -0.2) is 10.9 Å². The van der Waals surface area contributed by atoms with Crippen LogP contribution >= 0.6 is 15.9 Å². The zero-order chi connectivity index (χ0) is 11.8. The first-order valence-electron chi connectivity index (χ1n) is 5.48. The van der Waals surface area contributed by atoms with Crippen LogP contribution in [0.25, 0.3) is 0 Å². The van der Waals surface area contributed by atoms with Gasteiger partial charge in [-0.2, -0.15) is 0 Å². The van der Waals surface area contributed by atoms with Gasteiger partial charge in [0.2, 0.25) is 0 Å². The summed E-state index contributed by atoms with van der Waals surface area (Å²) in [7, 11) is 0. The second-order valence-corrected chi connectivity index (χ2v) is 5.33. The van der Waals surface area contributed by atoms with E-state index in [1.165, 1.54) is 0 Å². The highest BCUT2D eigenvalue weighted by Gasteiger charge is 2.43. The van der Waals surface area contributed by atoms with Gasteiger partial charge in [-0.25, -0.2) is 8.78 Å². The van der Waals surface area contributed by atoms with E-state index in [0.29, 0.717) is 19.3 Å². The topological polar surface area (TPSA) is 12.9 Å². The molecule has 1 aromatic heterocycles. The van der Waals surface area contributed by atoms with E-state index in [1.54, 1.807) is 6.20 Å².